The number of aryl methyl sites for hydroxylation is 1. The maximum atomic E-state index is 6.57. The SMILES string of the molecule is C=C/C=C\c1c(C)cc2c(oc3ccccc32)c1C(C)/C=C\C(=C/C=C)c1cc2ccccc2cc1CN=C(N=C(N)c1ccccc1)c1ccccc1. The molecule has 6 aromatic carbocycles. The highest BCUT2D eigenvalue weighted by Crippen LogP contribution is 2.39. The molecule has 0 aliphatic rings. The number of rotatable bonds is 11. The van der Waals surface area contributed by atoms with E-state index in [1.54, 1.807) is 0 Å². The molecule has 0 bridgehead atoms. The van der Waals surface area contributed by atoms with Crippen LogP contribution in [0.5, 0.6) is 0 Å². The number of nitrogens with zero attached hydrogens (tertiary/aromatic N) is 2. The van der Waals surface area contributed by atoms with Gasteiger partial charge in [-0.05, 0) is 69.8 Å². The molecule has 2 N–H and O–H groups in total. The monoisotopic (exact) mass is 701 g/mol. The van der Waals surface area contributed by atoms with Crippen molar-refractivity contribution in [2.45, 2.75) is 26.3 Å². The van der Waals surface area contributed by atoms with Crippen LogP contribution >= 0.6 is 0 Å². The molecule has 7 aromatic rings. The van der Waals surface area contributed by atoms with Crippen molar-refractivity contribution in [1.82, 2.24) is 0 Å². The Morgan fingerprint density at radius 3 is 2.17 bits per heavy atom. The molecule has 1 heterocycles. The molecule has 0 spiro atoms. The summed E-state index contributed by atoms with van der Waals surface area (Å²) < 4.78 is 6.57. The van der Waals surface area contributed by atoms with Crippen LogP contribution in [0.25, 0.3) is 44.4 Å². The molecule has 264 valence electrons. The largest absolute Gasteiger partial charge is 0.456 e. The summed E-state index contributed by atoms with van der Waals surface area (Å²) in [6, 6.07) is 43.1. The van der Waals surface area contributed by atoms with Crippen molar-refractivity contribution in [3.8, 4) is 0 Å². The van der Waals surface area contributed by atoms with Gasteiger partial charge in [0.2, 0.25) is 0 Å². The van der Waals surface area contributed by atoms with Crippen LogP contribution in [0.4, 0.5) is 0 Å². The van der Waals surface area contributed by atoms with Gasteiger partial charge in [0, 0.05) is 33.4 Å². The third kappa shape index (κ3) is 7.55. The quantitative estimate of drug-likeness (QED) is 0.0829. The zero-order chi connectivity index (χ0) is 37.4. The van der Waals surface area contributed by atoms with Gasteiger partial charge >= 0.3 is 0 Å². The zero-order valence-electron chi connectivity index (χ0n) is 30.7. The fourth-order valence-corrected chi connectivity index (χ4v) is 6.99. The predicted octanol–water partition coefficient (Wildman–Crippen LogP) is 12.5. The Bertz CT molecular complexity index is 2640. The second kappa shape index (κ2) is 16.3. The van der Waals surface area contributed by atoms with Gasteiger partial charge in [0.15, 0.2) is 5.84 Å². The molecular weight excluding hydrogens is 659 g/mol. The molecule has 0 fully saturated rings. The lowest BCUT2D eigenvalue weighted by atomic mass is 9.88. The Labute approximate surface area is 317 Å². The summed E-state index contributed by atoms with van der Waals surface area (Å²) in [5.41, 5.74) is 16.7. The van der Waals surface area contributed by atoms with Crippen LogP contribution in [-0.4, -0.2) is 11.7 Å². The smallest absolute Gasteiger partial charge is 0.157 e. The molecule has 54 heavy (non-hydrogen) atoms. The molecule has 1 aromatic heterocycles. The maximum absolute atomic E-state index is 6.57. The third-order valence-corrected chi connectivity index (χ3v) is 9.68. The number of aliphatic imine (C=N–C) groups is 2. The van der Waals surface area contributed by atoms with Gasteiger partial charge in [0.25, 0.3) is 0 Å². The van der Waals surface area contributed by atoms with Crippen molar-refractivity contribution in [3.63, 3.8) is 0 Å². The van der Waals surface area contributed by atoms with Crippen LogP contribution in [0, 0.1) is 6.92 Å². The lowest BCUT2D eigenvalue weighted by Gasteiger charge is -2.16. The number of furan rings is 1. The zero-order valence-corrected chi connectivity index (χ0v) is 30.7. The van der Waals surface area contributed by atoms with Gasteiger partial charge < -0.3 is 10.2 Å². The summed E-state index contributed by atoms with van der Waals surface area (Å²) in [5, 5.41) is 4.52. The molecule has 0 aliphatic carbocycles. The van der Waals surface area contributed by atoms with E-state index in [0.717, 1.165) is 71.7 Å². The highest BCUT2D eigenvalue weighted by molar-refractivity contribution is 6.11. The Morgan fingerprint density at radius 2 is 1.44 bits per heavy atom. The fourth-order valence-electron chi connectivity index (χ4n) is 6.99. The highest BCUT2D eigenvalue weighted by atomic mass is 16.3. The molecule has 7 rings (SSSR count). The number of fused-ring (bicyclic) bond motifs is 4. The molecule has 4 nitrogen and oxygen atoms in total. The lowest BCUT2D eigenvalue weighted by Crippen LogP contribution is -2.16. The van der Waals surface area contributed by atoms with Gasteiger partial charge in [-0.1, -0.05) is 166 Å². The van der Waals surface area contributed by atoms with Crippen LogP contribution < -0.4 is 5.73 Å². The number of hydrogen-bond acceptors (Lipinski definition) is 2. The van der Waals surface area contributed by atoms with Crippen LogP contribution in [0.15, 0.2) is 191 Å². The van der Waals surface area contributed by atoms with E-state index >= 15 is 0 Å². The van der Waals surface area contributed by atoms with Crippen LogP contribution in [0.1, 0.15) is 51.8 Å². The van der Waals surface area contributed by atoms with Gasteiger partial charge in [-0.3, -0.25) is 4.99 Å². The number of benzene rings is 6. The van der Waals surface area contributed by atoms with Crippen molar-refractivity contribution in [2.75, 3.05) is 0 Å². The van der Waals surface area contributed by atoms with E-state index < -0.39 is 0 Å². The van der Waals surface area contributed by atoms with E-state index in [1.807, 2.05) is 91.0 Å². The number of allylic oxidation sites excluding steroid dienone is 7. The minimum absolute atomic E-state index is 0.00699. The molecule has 0 saturated carbocycles. The summed E-state index contributed by atoms with van der Waals surface area (Å²) in [5.74, 6) is 0.995. The minimum Gasteiger partial charge on any atom is -0.456 e. The van der Waals surface area contributed by atoms with Gasteiger partial charge in [-0.2, -0.15) is 0 Å². The summed E-state index contributed by atoms with van der Waals surface area (Å²) in [6.07, 6.45) is 14.3. The molecule has 0 saturated heterocycles. The number of amidine groups is 2. The first-order valence-electron chi connectivity index (χ1n) is 18.2. The molecular formula is C50H43N3O. The Kier molecular flexibility index (Phi) is 10.7. The van der Waals surface area contributed by atoms with Crippen LogP contribution in [0.2, 0.25) is 0 Å². The predicted molar refractivity (Wildman–Crippen MR) is 231 cm³/mol. The molecule has 1 atom stereocenters. The fraction of sp³-hybridized carbons (Fsp3) is 0.0800. The van der Waals surface area contributed by atoms with Crippen molar-refractivity contribution < 1.29 is 4.42 Å². The average Bonchev–Trinajstić information content (AvgIpc) is 3.57. The Balaban J connectivity index is 1.33. The number of para-hydroxylation sites is 1. The average molecular weight is 702 g/mol. The van der Waals surface area contributed by atoms with Gasteiger partial charge in [0.05, 0.1) is 6.54 Å². The van der Waals surface area contributed by atoms with Crippen molar-refractivity contribution in [3.05, 3.63) is 216 Å². The van der Waals surface area contributed by atoms with E-state index in [4.69, 9.17) is 20.1 Å². The summed E-state index contributed by atoms with van der Waals surface area (Å²) in [4.78, 5) is 9.99. The summed E-state index contributed by atoms with van der Waals surface area (Å²) in [7, 11) is 0. The van der Waals surface area contributed by atoms with E-state index in [2.05, 4.69) is 106 Å². The van der Waals surface area contributed by atoms with E-state index in [9.17, 15) is 0 Å². The molecule has 0 radical (unpaired) electrons. The molecule has 4 heteroatoms. The van der Waals surface area contributed by atoms with Gasteiger partial charge in [-0.15, -0.1) is 0 Å². The summed E-state index contributed by atoms with van der Waals surface area (Å²) >= 11 is 0. The van der Waals surface area contributed by atoms with Crippen molar-refractivity contribution in [1.29, 1.82) is 0 Å². The van der Waals surface area contributed by atoms with Crippen molar-refractivity contribution in [2.24, 2.45) is 15.7 Å². The topological polar surface area (TPSA) is 63.9 Å². The highest BCUT2D eigenvalue weighted by Gasteiger charge is 2.20. The second-order valence-corrected chi connectivity index (χ2v) is 13.3. The number of hydrogen-bond donors (Lipinski definition) is 1. The first kappa shape index (κ1) is 35.6. The van der Waals surface area contributed by atoms with Crippen LogP contribution in [-0.2, 0) is 6.54 Å². The van der Waals surface area contributed by atoms with E-state index in [-0.39, 0.29) is 5.92 Å². The number of nitrogens with two attached hydrogens (primary N) is 1. The van der Waals surface area contributed by atoms with E-state index in [1.165, 1.54) is 5.56 Å². The molecule has 0 aliphatic heterocycles. The lowest BCUT2D eigenvalue weighted by molar-refractivity contribution is 0.660. The minimum atomic E-state index is 0.00699. The normalized spacial score (nSPS) is 13.4. The third-order valence-electron chi connectivity index (χ3n) is 9.68. The maximum Gasteiger partial charge on any atom is 0.157 e. The van der Waals surface area contributed by atoms with Crippen LogP contribution in [0.3, 0.4) is 0 Å². The summed E-state index contributed by atoms with van der Waals surface area (Å²) in [6.45, 7) is 12.8. The van der Waals surface area contributed by atoms with Gasteiger partial charge in [-0.25, -0.2) is 4.99 Å². The standard InChI is InChI=1S/C50H43N3O/c1-5-7-25-42-35(4)30-45-43-26-16-17-27-46(43)54-48(45)47(42)34(3)28-29-36(18-6-2)44-32-40-24-15-14-23-39(40)31-41(44)33-52-50(38-21-12-9-13-22-38)53-49(51)37-19-10-8-11-20-37/h5-32,34H,1-2,33H2,3-4H3,(H2,51,52,53)/b25-7-,29-28-,36-18+. The first-order valence-corrected chi connectivity index (χ1v) is 18.2. The molecule has 0 amide bonds. The molecule has 1 unspecified atom stereocenters. The second-order valence-electron chi connectivity index (χ2n) is 13.3. The van der Waals surface area contributed by atoms with Crippen molar-refractivity contribution >= 4 is 56.0 Å². The Morgan fingerprint density at radius 1 is 0.778 bits per heavy atom. The van der Waals surface area contributed by atoms with E-state index in [0.29, 0.717) is 18.2 Å². The first-order chi connectivity index (χ1) is 26.4. The Hall–Kier alpha value is -6.78. The van der Waals surface area contributed by atoms with Gasteiger partial charge in [0.1, 0.15) is 17.0 Å².